The second-order valence-corrected chi connectivity index (χ2v) is 8.94. The maximum absolute atomic E-state index is 13.5. The average Bonchev–Trinajstić information content (AvgIpc) is 3.23. The zero-order chi connectivity index (χ0) is 23.1. The van der Waals surface area contributed by atoms with Crippen molar-refractivity contribution in [1.29, 1.82) is 0 Å². The summed E-state index contributed by atoms with van der Waals surface area (Å²) in [5.41, 5.74) is 1.04. The molecule has 0 spiro atoms. The minimum Gasteiger partial charge on any atom is -0.491 e. The lowest BCUT2D eigenvalue weighted by molar-refractivity contribution is -0.135. The van der Waals surface area contributed by atoms with Crippen LogP contribution in [0.3, 0.4) is 0 Å². The molecular weight excluding hydrogens is 433 g/mol. The third-order valence-electron chi connectivity index (χ3n) is 5.21. The fourth-order valence-corrected chi connectivity index (χ4v) is 4.58. The van der Waals surface area contributed by atoms with Crippen LogP contribution in [0.4, 0.5) is 9.18 Å². The number of rotatable bonds is 9. The van der Waals surface area contributed by atoms with E-state index < -0.39 is 0 Å². The third-order valence-corrected chi connectivity index (χ3v) is 6.21. The quantitative estimate of drug-likeness (QED) is 0.618. The monoisotopic (exact) mass is 463 g/mol. The van der Waals surface area contributed by atoms with E-state index in [9.17, 15) is 14.0 Å². The smallest absolute Gasteiger partial charge is 0.318 e. The Morgan fingerprint density at radius 1 is 1.34 bits per heavy atom. The van der Waals surface area contributed by atoms with E-state index >= 15 is 0 Å². The van der Waals surface area contributed by atoms with E-state index in [0.29, 0.717) is 25.4 Å². The molecule has 1 aliphatic heterocycles. The molecule has 0 radical (unpaired) electrons. The molecule has 9 heteroatoms. The molecule has 2 heterocycles. The number of carbonyl (C=O) groups is 2. The van der Waals surface area contributed by atoms with Crippen molar-refractivity contribution in [3.63, 3.8) is 0 Å². The van der Waals surface area contributed by atoms with Crippen molar-refractivity contribution in [3.05, 3.63) is 52.0 Å². The Balaban J connectivity index is 1.75. The highest BCUT2D eigenvalue weighted by Gasteiger charge is 2.33. The summed E-state index contributed by atoms with van der Waals surface area (Å²) in [6.45, 7) is 5.07. The number of benzene rings is 1. The second-order valence-electron chi connectivity index (χ2n) is 7.94. The molecule has 1 atom stereocenters. The molecule has 1 aliphatic rings. The normalized spacial score (nSPS) is 15.4. The lowest BCUT2D eigenvalue weighted by Gasteiger charge is -2.37. The number of urea groups is 1. The van der Waals surface area contributed by atoms with Crippen molar-refractivity contribution in [3.8, 4) is 5.75 Å². The summed E-state index contributed by atoms with van der Waals surface area (Å²) in [4.78, 5) is 30.4. The summed E-state index contributed by atoms with van der Waals surface area (Å²) in [6.07, 6.45) is 0.755. The molecule has 0 aliphatic carbocycles. The minimum absolute atomic E-state index is 0.0431. The zero-order valence-corrected chi connectivity index (χ0v) is 19.5. The average molecular weight is 464 g/mol. The van der Waals surface area contributed by atoms with Crippen molar-refractivity contribution in [1.82, 2.24) is 15.1 Å². The number of carbonyl (C=O) groups excluding carboxylic acids is 2. The molecule has 1 aromatic heterocycles. The van der Waals surface area contributed by atoms with Gasteiger partial charge in [-0.05, 0) is 49.4 Å². The Labute approximate surface area is 192 Å². The summed E-state index contributed by atoms with van der Waals surface area (Å²) in [5, 5.41) is 4.85. The predicted octanol–water partition coefficient (Wildman–Crippen LogP) is 3.46. The topological polar surface area (TPSA) is 71.1 Å². The molecular formula is C23H30FN3O4S. The van der Waals surface area contributed by atoms with Crippen LogP contribution in [0.25, 0.3) is 0 Å². The molecule has 174 valence electrons. The molecule has 3 rings (SSSR count). The first-order valence-electron chi connectivity index (χ1n) is 10.7. The number of amides is 3. The number of ether oxygens (including phenoxy) is 2. The van der Waals surface area contributed by atoms with Gasteiger partial charge in [0, 0.05) is 37.2 Å². The highest BCUT2D eigenvalue weighted by molar-refractivity contribution is 7.10. The largest absolute Gasteiger partial charge is 0.491 e. The van der Waals surface area contributed by atoms with E-state index in [-0.39, 0.29) is 43.0 Å². The lowest BCUT2D eigenvalue weighted by Crippen LogP contribution is -2.51. The zero-order valence-electron chi connectivity index (χ0n) is 18.7. The molecule has 0 bridgehead atoms. The standard InChI is InChI=1S/C23H30FN3O4S/c1-16(2)25-23(29)26(10-11-30-3)14-22(28)27-9-7-21-19(8-12-32-21)20(27)15-31-18-6-4-5-17(24)13-18/h4-6,8,12-13,16,20H,7,9-11,14-15H2,1-3H3,(H,25,29)/t20-/m0/s1. The van der Waals surface area contributed by atoms with Gasteiger partial charge in [-0.25, -0.2) is 9.18 Å². The van der Waals surface area contributed by atoms with Crippen molar-refractivity contribution in [2.24, 2.45) is 0 Å². The van der Waals surface area contributed by atoms with Crippen molar-refractivity contribution >= 4 is 23.3 Å². The van der Waals surface area contributed by atoms with Crippen LogP contribution < -0.4 is 10.1 Å². The molecule has 0 fully saturated rings. The van der Waals surface area contributed by atoms with Gasteiger partial charge in [-0.2, -0.15) is 0 Å². The van der Waals surface area contributed by atoms with Gasteiger partial charge in [0.15, 0.2) is 0 Å². The fraction of sp³-hybridized carbons (Fsp3) is 0.478. The predicted molar refractivity (Wildman–Crippen MR) is 121 cm³/mol. The van der Waals surface area contributed by atoms with Crippen LogP contribution in [0.1, 0.15) is 30.3 Å². The maximum atomic E-state index is 13.5. The molecule has 1 N–H and O–H groups in total. The first-order chi connectivity index (χ1) is 15.4. The molecule has 0 saturated carbocycles. The van der Waals surface area contributed by atoms with Gasteiger partial charge in [-0.15, -0.1) is 11.3 Å². The summed E-state index contributed by atoms with van der Waals surface area (Å²) in [7, 11) is 1.56. The summed E-state index contributed by atoms with van der Waals surface area (Å²) in [5.74, 6) is -0.122. The highest BCUT2D eigenvalue weighted by Crippen LogP contribution is 2.34. The van der Waals surface area contributed by atoms with E-state index in [1.807, 2.05) is 25.3 Å². The number of halogens is 1. The van der Waals surface area contributed by atoms with Crippen LogP contribution in [0.2, 0.25) is 0 Å². The summed E-state index contributed by atoms with van der Waals surface area (Å²) >= 11 is 1.66. The van der Waals surface area contributed by atoms with Crippen LogP contribution in [0, 0.1) is 5.82 Å². The molecule has 0 unspecified atom stereocenters. The van der Waals surface area contributed by atoms with E-state index in [1.54, 1.807) is 35.5 Å². The minimum atomic E-state index is -0.375. The van der Waals surface area contributed by atoms with Crippen LogP contribution >= 0.6 is 11.3 Å². The van der Waals surface area contributed by atoms with Crippen LogP contribution in [-0.4, -0.2) is 67.7 Å². The molecule has 1 aromatic carbocycles. The summed E-state index contributed by atoms with van der Waals surface area (Å²) < 4.78 is 24.5. The second kappa shape index (κ2) is 11.3. The van der Waals surface area contributed by atoms with Gasteiger partial charge in [0.05, 0.1) is 12.6 Å². The van der Waals surface area contributed by atoms with Gasteiger partial charge >= 0.3 is 6.03 Å². The van der Waals surface area contributed by atoms with Crippen LogP contribution in [0.5, 0.6) is 5.75 Å². The number of fused-ring (bicyclic) bond motifs is 1. The molecule has 7 nitrogen and oxygen atoms in total. The number of hydrogen-bond acceptors (Lipinski definition) is 5. The first kappa shape index (κ1) is 24.0. The van der Waals surface area contributed by atoms with Gasteiger partial charge < -0.3 is 24.6 Å². The Hall–Kier alpha value is -2.65. The Morgan fingerprint density at radius 2 is 2.16 bits per heavy atom. The third kappa shape index (κ3) is 6.20. The number of hydrogen-bond donors (Lipinski definition) is 1. The van der Waals surface area contributed by atoms with E-state index in [1.165, 1.54) is 21.9 Å². The van der Waals surface area contributed by atoms with Crippen molar-refractivity contribution in [2.75, 3.05) is 40.0 Å². The molecule has 3 amide bonds. The number of methoxy groups -OCH3 is 1. The Morgan fingerprint density at radius 3 is 2.88 bits per heavy atom. The van der Waals surface area contributed by atoms with Gasteiger partial charge in [0.25, 0.3) is 0 Å². The van der Waals surface area contributed by atoms with Gasteiger partial charge in [-0.3, -0.25) is 4.79 Å². The number of nitrogens with one attached hydrogen (secondary N) is 1. The number of thiophene rings is 1. The Bertz CT molecular complexity index is 920. The van der Waals surface area contributed by atoms with E-state index in [2.05, 4.69) is 5.32 Å². The Kier molecular flexibility index (Phi) is 8.46. The van der Waals surface area contributed by atoms with Gasteiger partial charge in [-0.1, -0.05) is 6.07 Å². The molecule has 32 heavy (non-hydrogen) atoms. The van der Waals surface area contributed by atoms with E-state index in [0.717, 1.165) is 12.0 Å². The van der Waals surface area contributed by atoms with E-state index in [4.69, 9.17) is 9.47 Å². The maximum Gasteiger partial charge on any atom is 0.318 e. The van der Waals surface area contributed by atoms with Crippen LogP contribution in [-0.2, 0) is 16.0 Å². The molecule has 0 saturated heterocycles. The van der Waals surface area contributed by atoms with Crippen molar-refractivity contribution < 1.29 is 23.5 Å². The SMILES string of the molecule is COCCN(CC(=O)N1CCc2sccc2[C@@H]1COc1cccc(F)c1)C(=O)NC(C)C. The van der Waals surface area contributed by atoms with Gasteiger partial charge in [0.1, 0.15) is 24.7 Å². The fourth-order valence-electron chi connectivity index (χ4n) is 3.65. The summed E-state index contributed by atoms with van der Waals surface area (Å²) in [6, 6.07) is 7.32. The van der Waals surface area contributed by atoms with Crippen molar-refractivity contribution in [2.45, 2.75) is 32.4 Å². The first-order valence-corrected chi connectivity index (χ1v) is 11.6. The highest BCUT2D eigenvalue weighted by atomic mass is 32.1. The van der Waals surface area contributed by atoms with Gasteiger partial charge in [0.2, 0.25) is 5.91 Å². The molecule has 2 aromatic rings. The van der Waals surface area contributed by atoms with Crippen LogP contribution in [0.15, 0.2) is 35.7 Å². The lowest BCUT2D eigenvalue weighted by atomic mass is 10.0. The number of nitrogens with zero attached hydrogens (tertiary/aromatic N) is 2.